The number of nitrogens with two attached hydrogens (primary N) is 1. The van der Waals surface area contributed by atoms with E-state index in [0.29, 0.717) is 23.1 Å². The smallest absolute Gasteiger partial charge is 0.254 e. The van der Waals surface area contributed by atoms with Gasteiger partial charge in [0.1, 0.15) is 22.8 Å². The maximum atomic E-state index is 13.6. The van der Waals surface area contributed by atoms with Crippen molar-refractivity contribution in [3.63, 3.8) is 0 Å². The van der Waals surface area contributed by atoms with E-state index in [2.05, 4.69) is 40.3 Å². The van der Waals surface area contributed by atoms with E-state index < -0.39 is 0 Å². The SMILES string of the molecule is CCn1c(-c2cnc(-c3ccccc3)n2CC2CC2)nc2cc(C(=O)N3C[C@H]4CC[C@@H]3[C@@H]4N)cc(OC)c21. The number of rotatable bonds is 7. The van der Waals surface area contributed by atoms with Gasteiger partial charge in [0.15, 0.2) is 5.82 Å². The minimum absolute atomic E-state index is 0.0191. The first kappa shape index (κ1) is 23.5. The van der Waals surface area contributed by atoms with Crippen LogP contribution in [0.2, 0.25) is 0 Å². The Morgan fingerprint density at radius 1 is 1.08 bits per heavy atom. The van der Waals surface area contributed by atoms with Crippen LogP contribution in [0.4, 0.5) is 0 Å². The molecule has 1 saturated heterocycles. The number of aryl methyl sites for hydroxylation is 1. The predicted octanol–water partition coefficient (Wildman–Crippen LogP) is 4.57. The summed E-state index contributed by atoms with van der Waals surface area (Å²) in [6.07, 6.45) is 6.54. The fraction of sp³-hybridized carbons (Fsp3) is 0.433. The molecule has 8 nitrogen and oxygen atoms in total. The third-order valence-electron chi connectivity index (χ3n) is 8.76. The lowest BCUT2D eigenvalue weighted by atomic mass is 10.1. The summed E-state index contributed by atoms with van der Waals surface area (Å²) in [5.41, 5.74) is 10.8. The Hall–Kier alpha value is -3.65. The molecule has 2 N–H and O–H groups in total. The first-order chi connectivity index (χ1) is 18.6. The molecule has 4 aromatic rings. The monoisotopic (exact) mass is 510 g/mol. The van der Waals surface area contributed by atoms with Gasteiger partial charge in [-0.05, 0) is 56.6 Å². The zero-order valence-electron chi connectivity index (χ0n) is 22.0. The van der Waals surface area contributed by atoms with E-state index in [1.165, 1.54) is 12.8 Å². The molecule has 2 aromatic carbocycles. The molecule has 38 heavy (non-hydrogen) atoms. The quantitative estimate of drug-likeness (QED) is 0.393. The maximum absolute atomic E-state index is 13.6. The van der Waals surface area contributed by atoms with Crippen LogP contribution >= 0.6 is 0 Å². The summed E-state index contributed by atoms with van der Waals surface area (Å²) < 4.78 is 10.4. The second-order valence-electron chi connectivity index (χ2n) is 11.1. The van der Waals surface area contributed by atoms with Crippen LogP contribution in [-0.4, -0.2) is 55.6 Å². The van der Waals surface area contributed by atoms with Crippen molar-refractivity contribution in [2.24, 2.45) is 17.6 Å². The number of carbonyl (C=O) groups excluding carboxylic acids is 1. The molecule has 196 valence electrons. The number of amides is 1. The van der Waals surface area contributed by atoms with E-state index in [4.69, 9.17) is 20.4 Å². The lowest BCUT2D eigenvalue weighted by molar-refractivity contribution is 0.0700. The maximum Gasteiger partial charge on any atom is 0.254 e. The number of aromatic nitrogens is 4. The van der Waals surface area contributed by atoms with Crippen LogP contribution in [0.1, 0.15) is 43.0 Å². The first-order valence-corrected chi connectivity index (χ1v) is 13.8. The van der Waals surface area contributed by atoms with Gasteiger partial charge in [-0.15, -0.1) is 0 Å². The summed E-state index contributed by atoms with van der Waals surface area (Å²) in [4.78, 5) is 25.6. The number of methoxy groups -OCH3 is 1. The normalized spacial score (nSPS) is 22.5. The van der Waals surface area contributed by atoms with Crippen molar-refractivity contribution in [1.82, 2.24) is 24.0 Å². The van der Waals surface area contributed by atoms with Gasteiger partial charge in [-0.25, -0.2) is 9.97 Å². The fourth-order valence-electron chi connectivity index (χ4n) is 6.58. The largest absolute Gasteiger partial charge is 0.494 e. The molecule has 3 atom stereocenters. The number of hydrogen-bond acceptors (Lipinski definition) is 5. The molecule has 0 radical (unpaired) electrons. The molecule has 2 aliphatic carbocycles. The molecule has 0 unspecified atom stereocenters. The van der Waals surface area contributed by atoms with Gasteiger partial charge in [0, 0.05) is 42.8 Å². The average molecular weight is 511 g/mol. The molecule has 1 amide bonds. The predicted molar refractivity (Wildman–Crippen MR) is 147 cm³/mol. The zero-order valence-corrected chi connectivity index (χ0v) is 22.0. The van der Waals surface area contributed by atoms with Crippen LogP contribution in [-0.2, 0) is 13.1 Å². The van der Waals surface area contributed by atoms with E-state index >= 15 is 0 Å². The Kier molecular flexibility index (Phi) is 5.54. The van der Waals surface area contributed by atoms with Gasteiger partial charge in [-0.3, -0.25) is 4.79 Å². The molecule has 1 aliphatic heterocycles. The van der Waals surface area contributed by atoms with Crippen LogP contribution in [0.15, 0.2) is 48.7 Å². The lowest BCUT2D eigenvalue weighted by Crippen LogP contribution is -2.41. The van der Waals surface area contributed by atoms with Crippen LogP contribution in [0.25, 0.3) is 33.9 Å². The molecule has 2 aromatic heterocycles. The summed E-state index contributed by atoms with van der Waals surface area (Å²) in [7, 11) is 1.66. The molecular formula is C30H34N6O2. The topological polar surface area (TPSA) is 91.2 Å². The van der Waals surface area contributed by atoms with Gasteiger partial charge < -0.3 is 24.5 Å². The minimum atomic E-state index is 0.0191. The third kappa shape index (κ3) is 3.65. The molecule has 7 rings (SSSR count). The highest BCUT2D eigenvalue weighted by Gasteiger charge is 2.47. The van der Waals surface area contributed by atoms with Crippen molar-refractivity contribution in [2.45, 2.75) is 57.8 Å². The number of nitrogens with zero attached hydrogens (tertiary/aromatic N) is 5. The number of benzene rings is 2. The van der Waals surface area contributed by atoms with Crippen molar-refractivity contribution in [3.8, 4) is 28.7 Å². The molecule has 3 aliphatic rings. The second-order valence-corrected chi connectivity index (χ2v) is 11.1. The van der Waals surface area contributed by atoms with Gasteiger partial charge in [0.2, 0.25) is 0 Å². The number of piperidine rings is 1. The Labute approximate surface area is 222 Å². The Morgan fingerprint density at radius 2 is 1.89 bits per heavy atom. The van der Waals surface area contributed by atoms with Gasteiger partial charge in [-0.2, -0.15) is 0 Å². The molecule has 2 bridgehead atoms. The molecule has 8 heteroatoms. The summed E-state index contributed by atoms with van der Waals surface area (Å²) in [5.74, 6) is 3.58. The molecule has 0 spiro atoms. The highest BCUT2D eigenvalue weighted by Crippen LogP contribution is 2.40. The molecule has 3 heterocycles. The van der Waals surface area contributed by atoms with E-state index in [1.807, 2.05) is 29.3 Å². The minimum Gasteiger partial charge on any atom is -0.494 e. The van der Waals surface area contributed by atoms with Crippen LogP contribution in [0.3, 0.4) is 0 Å². The number of ether oxygens (including phenoxy) is 1. The highest BCUT2D eigenvalue weighted by atomic mass is 16.5. The third-order valence-corrected chi connectivity index (χ3v) is 8.76. The Bertz CT molecular complexity index is 1520. The second kappa shape index (κ2) is 8.98. The van der Waals surface area contributed by atoms with Crippen molar-refractivity contribution in [3.05, 3.63) is 54.2 Å². The fourth-order valence-corrected chi connectivity index (χ4v) is 6.58. The van der Waals surface area contributed by atoms with E-state index in [0.717, 1.165) is 66.4 Å². The number of likely N-dealkylation sites (tertiary alicyclic amines) is 1. The van der Waals surface area contributed by atoms with E-state index in [9.17, 15) is 4.79 Å². The van der Waals surface area contributed by atoms with Gasteiger partial charge in [0.25, 0.3) is 5.91 Å². The van der Waals surface area contributed by atoms with Crippen molar-refractivity contribution < 1.29 is 9.53 Å². The standard InChI is InChI=1S/C30H34N6O2/c1-3-34-27-22(13-21(14-25(27)38-2)30(37)36-17-20-11-12-23(36)26(20)31)33-29(34)24-15-32-28(19-7-5-4-6-8-19)35(24)16-18-9-10-18/h4-8,13-15,18,20,23,26H,3,9-12,16-17,31H2,1-2H3/t20-,23-,26-/m1/s1. The number of fused-ring (bicyclic) bond motifs is 3. The van der Waals surface area contributed by atoms with Gasteiger partial charge in [0.05, 0.1) is 18.8 Å². The molecular weight excluding hydrogens is 476 g/mol. The van der Waals surface area contributed by atoms with Crippen molar-refractivity contribution in [1.29, 1.82) is 0 Å². The average Bonchev–Trinajstić information content (AvgIpc) is 3.25. The van der Waals surface area contributed by atoms with Crippen molar-refractivity contribution >= 4 is 16.9 Å². The molecule has 3 fully saturated rings. The number of carbonyl (C=O) groups is 1. The Balaban J connectivity index is 1.34. The summed E-state index contributed by atoms with van der Waals surface area (Å²) in [6, 6.07) is 14.4. The molecule has 2 saturated carbocycles. The van der Waals surface area contributed by atoms with E-state index in [-0.39, 0.29) is 18.0 Å². The van der Waals surface area contributed by atoms with Gasteiger partial charge >= 0.3 is 0 Å². The van der Waals surface area contributed by atoms with Crippen LogP contribution < -0.4 is 10.5 Å². The first-order valence-electron chi connectivity index (χ1n) is 13.8. The van der Waals surface area contributed by atoms with Gasteiger partial charge in [-0.1, -0.05) is 30.3 Å². The zero-order chi connectivity index (χ0) is 26.0. The van der Waals surface area contributed by atoms with Crippen LogP contribution in [0, 0.1) is 11.8 Å². The summed E-state index contributed by atoms with van der Waals surface area (Å²) in [5, 5.41) is 0. The van der Waals surface area contributed by atoms with Crippen molar-refractivity contribution in [2.75, 3.05) is 13.7 Å². The number of imidazole rings is 2. The summed E-state index contributed by atoms with van der Waals surface area (Å²) >= 11 is 0. The number of hydrogen-bond donors (Lipinski definition) is 1. The van der Waals surface area contributed by atoms with E-state index in [1.54, 1.807) is 7.11 Å². The Morgan fingerprint density at radius 3 is 2.55 bits per heavy atom. The lowest BCUT2D eigenvalue weighted by Gasteiger charge is -2.27. The highest BCUT2D eigenvalue weighted by molar-refractivity contribution is 6.00. The van der Waals surface area contributed by atoms with Crippen LogP contribution in [0.5, 0.6) is 5.75 Å². The summed E-state index contributed by atoms with van der Waals surface area (Å²) in [6.45, 7) is 4.49.